The summed E-state index contributed by atoms with van der Waals surface area (Å²) in [5, 5.41) is 3.32. The molecule has 0 aromatic rings. The van der Waals surface area contributed by atoms with Crippen molar-refractivity contribution >= 4 is 0 Å². The maximum atomic E-state index is 3.32. The predicted octanol–water partition coefficient (Wildman–Crippen LogP) is 0.895. The summed E-state index contributed by atoms with van der Waals surface area (Å²) in [6.45, 7) is 9.36. The maximum absolute atomic E-state index is 3.32. The minimum absolute atomic E-state index is 0.848. The minimum atomic E-state index is 0.848. The van der Waals surface area contributed by atoms with Crippen molar-refractivity contribution in [1.82, 2.24) is 10.2 Å². The van der Waals surface area contributed by atoms with E-state index in [0.29, 0.717) is 0 Å². The molecule has 0 atom stereocenters. The Kier molecular flexibility index (Phi) is 3.16. The Balaban J connectivity index is 2.01. The third-order valence-corrected chi connectivity index (χ3v) is 1.96. The van der Waals surface area contributed by atoms with Gasteiger partial charge in [0.25, 0.3) is 0 Å². The van der Waals surface area contributed by atoms with Crippen molar-refractivity contribution in [2.24, 2.45) is 5.92 Å². The molecular weight excluding hydrogens is 124 g/mol. The van der Waals surface area contributed by atoms with Crippen LogP contribution in [0.1, 0.15) is 20.3 Å². The molecule has 0 aliphatic carbocycles. The SMILES string of the molecule is CC(C)CCN1CCNC1. The van der Waals surface area contributed by atoms with Crippen LogP contribution in [-0.4, -0.2) is 31.2 Å². The molecule has 1 aliphatic rings. The molecule has 2 nitrogen and oxygen atoms in total. The summed E-state index contributed by atoms with van der Waals surface area (Å²) in [7, 11) is 0. The molecule has 1 rings (SSSR count). The first-order valence-electron chi connectivity index (χ1n) is 4.22. The summed E-state index contributed by atoms with van der Waals surface area (Å²) in [6, 6.07) is 0. The molecule has 0 saturated carbocycles. The zero-order chi connectivity index (χ0) is 7.40. The van der Waals surface area contributed by atoms with Crippen LogP contribution < -0.4 is 5.32 Å². The fourth-order valence-corrected chi connectivity index (χ4v) is 1.19. The maximum Gasteiger partial charge on any atom is 0.0481 e. The Morgan fingerprint density at radius 3 is 2.80 bits per heavy atom. The first-order chi connectivity index (χ1) is 4.79. The number of hydrogen-bond donors (Lipinski definition) is 1. The van der Waals surface area contributed by atoms with Gasteiger partial charge in [0, 0.05) is 19.8 Å². The lowest BCUT2D eigenvalue weighted by molar-refractivity contribution is 0.310. The van der Waals surface area contributed by atoms with Gasteiger partial charge in [-0.05, 0) is 18.9 Å². The average molecular weight is 142 g/mol. The first kappa shape index (κ1) is 8.02. The fourth-order valence-electron chi connectivity index (χ4n) is 1.19. The first-order valence-corrected chi connectivity index (χ1v) is 4.22. The van der Waals surface area contributed by atoms with Crippen molar-refractivity contribution in [1.29, 1.82) is 0 Å². The van der Waals surface area contributed by atoms with E-state index >= 15 is 0 Å². The van der Waals surface area contributed by atoms with Crippen molar-refractivity contribution in [2.75, 3.05) is 26.3 Å². The lowest BCUT2D eigenvalue weighted by Crippen LogP contribution is -2.23. The summed E-state index contributed by atoms with van der Waals surface area (Å²) in [6.07, 6.45) is 1.34. The van der Waals surface area contributed by atoms with E-state index in [9.17, 15) is 0 Å². The molecular formula is C8H18N2. The zero-order valence-corrected chi connectivity index (χ0v) is 7.06. The molecule has 1 aliphatic heterocycles. The van der Waals surface area contributed by atoms with Crippen molar-refractivity contribution in [3.63, 3.8) is 0 Å². The van der Waals surface area contributed by atoms with E-state index in [-0.39, 0.29) is 0 Å². The van der Waals surface area contributed by atoms with E-state index in [0.717, 1.165) is 12.6 Å². The molecule has 1 saturated heterocycles. The van der Waals surface area contributed by atoms with E-state index in [1.54, 1.807) is 0 Å². The quantitative estimate of drug-likeness (QED) is 0.629. The summed E-state index contributed by atoms with van der Waals surface area (Å²) in [4.78, 5) is 2.47. The summed E-state index contributed by atoms with van der Waals surface area (Å²) in [5.74, 6) is 0.848. The van der Waals surface area contributed by atoms with Gasteiger partial charge in [-0.1, -0.05) is 13.8 Å². The molecule has 1 N–H and O–H groups in total. The van der Waals surface area contributed by atoms with Gasteiger partial charge in [-0.2, -0.15) is 0 Å². The second-order valence-electron chi connectivity index (χ2n) is 3.46. The van der Waals surface area contributed by atoms with E-state index in [1.807, 2.05) is 0 Å². The van der Waals surface area contributed by atoms with E-state index in [1.165, 1.54) is 26.1 Å². The molecule has 0 aromatic carbocycles. The van der Waals surface area contributed by atoms with Gasteiger partial charge < -0.3 is 5.32 Å². The van der Waals surface area contributed by atoms with Gasteiger partial charge in [0.15, 0.2) is 0 Å². The Morgan fingerprint density at radius 1 is 1.50 bits per heavy atom. The van der Waals surface area contributed by atoms with Crippen LogP contribution >= 0.6 is 0 Å². The smallest absolute Gasteiger partial charge is 0.0481 e. The fraction of sp³-hybridized carbons (Fsp3) is 1.00. The highest BCUT2D eigenvalue weighted by molar-refractivity contribution is 4.65. The van der Waals surface area contributed by atoms with Crippen molar-refractivity contribution in [2.45, 2.75) is 20.3 Å². The van der Waals surface area contributed by atoms with Gasteiger partial charge in [0.2, 0.25) is 0 Å². The van der Waals surface area contributed by atoms with Gasteiger partial charge in [0.05, 0.1) is 0 Å². The van der Waals surface area contributed by atoms with E-state index in [4.69, 9.17) is 0 Å². The van der Waals surface area contributed by atoms with Crippen LogP contribution in [0.3, 0.4) is 0 Å². The second kappa shape index (κ2) is 3.94. The zero-order valence-electron chi connectivity index (χ0n) is 7.06. The normalized spacial score (nSPS) is 20.7. The highest BCUT2D eigenvalue weighted by Gasteiger charge is 2.09. The number of hydrogen-bond acceptors (Lipinski definition) is 2. The van der Waals surface area contributed by atoms with Crippen molar-refractivity contribution in [3.8, 4) is 0 Å². The lowest BCUT2D eigenvalue weighted by Gasteiger charge is -2.14. The largest absolute Gasteiger partial charge is 0.303 e. The Morgan fingerprint density at radius 2 is 2.30 bits per heavy atom. The molecule has 60 valence electrons. The predicted molar refractivity (Wildman–Crippen MR) is 43.9 cm³/mol. The molecule has 0 spiro atoms. The second-order valence-corrected chi connectivity index (χ2v) is 3.46. The van der Waals surface area contributed by atoms with Crippen molar-refractivity contribution < 1.29 is 0 Å². The third-order valence-electron chi connectivity index (χ3n) is 1.96. The summed E-state index contributed by atoms with van der Waals surface area (Å²) < 4.78 is 0. The highest BCUT2D eigenvalue weighted by atomic mass is 15.3. The van der Waals surface area contributed by atoms with Gasteiger partial charge in [0.1, 0.15) is 0 Å². The Labute approximate surface area is 63.6 Å². The molecule has 0 aromatic heterocycles. The molecule has 0 unspecified atom stereocenters. The van der Waals surface area contributed by atoms with Gasteiger partial charge >= 0.3 is 0 Å². The minimum Gasteiger partial charge on any atom is -0.303 e. The number of nitrogens with one attached hydrogen (secondary N) is 1. The van der Waals surface area contributed by atoms with Crippen LogP contribution in [0, 0.1) is 5.92 Å². The van der Waals surface area contributed by atoms with Crippen LogP contribution in [0.4, 0.5) is 0 Å². The summed E-state index contributed by atoms with van der Waals surface area (Å²) >= 11 is 0. The van der Waals surface area contributed by atoms with E-state index in [2.05, 4.69) is 24.1 Å². The Hall–Kier alpha value is -0.0800. The van der Waals surface area contributed by atoms with Crippen LogP contribution in [0.2, 0.25) is 0 Å². The molecule has 10 heavy (non-hydrogen) atoms. The van der Waals surface area contributed by atoms with Crippen LogP contribution in [0.25, 0.3) is 0 Å². The molecule has 2 heteroatoms. The van der Waals surface area contributed by atoms with Gasteiger partial charge in [-0.25, -0.2) is 0 Å². The molecule has 1 fully saturated rings. The standard InChI is InChI=1S/C8H18N2/c1-8(2)3-5-10-6-4-9-7-10/h8-9H,3-7H2,1-2H3. The Bertz CT molecular complexity index is 85.3. The molecule has 0 bridgehead atoms. The molecule has 1 heterocycles. The molecule has 0 radical (unpaired) electrons. The van der Waals surface area contributed by atoms with Crippen LogP contribution in [0.15, 0.2) is 0 Å². The number of rotatable bonds is 3. The summed E-state index contributed by atoms with van der Waals surface area (Å²) in [5.41, 5.74) is 0. The average Bonchev–Trinajstić information content (AvgIpc) is 2.34. The topological polar surface area (TPSA) is 15.3 Å². The molecule has 0 amide bonds. The monoisotopic (exact) mass is 142 g/mol. The van der Waals surface area contributed by atoms with E-state index < -0.39 is 0 Å². The van der Waals surface area contributed by atoms with Crippen molar-refractivity contribution in [3.05, 3.63) is 0 Å². The third kappa shape index (κ3) is 2.67. The van der Waals surface area contributed by atoms with Crippen LogP contribution in [0.5, 0.6) is 0 Å². The highest BCUT2D eigenvalue weighted by Crippen LogP contribution is 2.02. The lowest BCUT2D eigenvalue weighted by atomic mass is 10.1. The number of nitrogens with zero attached hydrogens (tertiary/aromatic N) is 1. The van der Waals surface area contributed by atoms with Crippen LogP contribution in [-0.2, 0) is 0 Å². The van der Waals surface area contributed by atoms with Gasteiger partial charge in [-0.15, -0.1) is 0 Å². The van der Waals surface area contributed by atoms with Gasteiger partial charge in [-0.3, -0.25) is 4.90 Å².